The topological polar surface area (TPSA) is 57.3 Å². The van der Waals surface area contributed by atoms with E-state index in [9.17, 15) is 4.79 Å². The number of benzene rings is 1. The lowest BCUT2D eigenvalue weighted by Gasteiger charge is -2.06. The van der Waals surface area contributed by atoms with Crippen LogP contribution in [-0.4, -0.2) is 15.6 Å². The lowest BCUT2D eigenvalue weighted by Crippen LogP contribution is -1.98. The molecule has 0 aliphatic carbocycles. The van der Waals surface area contributed by atoms with Crippen molar-refractivity contribution in [3.05, 3.63) is 75.4 Å². The molecule has 26 heavy (non-hydrogen) atoms. The molecule has 0 fully saturated rings. The Balaban J connectivity index is 1.63. The molecule has 0 amide bonds. The summed E-state index contributed by atoms with van der Waals surface area (Å²) in [5, 5.41) is 5.07. The number of hydrogen-bond donors (Lipinski definition) is 0. The molecule has 0 saturated carbocycles. The second kappa shape index (κ2) is 7.81. The molecule has 7 heteroatoms. The van der Waals surface area contributed by atoms with E-state index in [1.165, 1.54) is 6.08 Å². The van der Waals surface area contributed by atoms with Crippen LogP contribution in [0, 0.1) is 6.92 Å². The summed E-state index contributed by atoms with van der Waals surface area (Å²) in [5.74, 6) is 1.51. The van der Waals surface area contributed by atoms with Crippen molar-refractivity contribution in [3.63, 3.8) is 0 Å². The minimum Gasteiger partial charge on any atom is -0.484 e. The van der Waals surface area contributed by atoms with Crippen LogP contribution in [0.15, 0.2) is 47.0 Å². The van der Waals surface area contributed by atoms with E-state index in [0.717, 1.165) is 5.69 Å². The van der Waals surface area contributed by atoms with Crippen LogP contribution < -0.4 is 4.74 Å². The van der Waals surface area contributed by atoms with Gasteiger partial charge in [-0.2, -0.15) is 5.10 Å². The van der Waals surface area contributed by atoms with E-state index in [0.29, 0.717) is 32.9 Å². The van der Waals surface area contributed by atoms with Gasteiger partial charge in [0.2, 0.25) is 0 Å². The number of furan rings is 1. The number of allylic oxidation sites excluding steroid dienone is 1. The second-order valence-corrected chi connectivity index (χ2v) is 6.48. The third kappa shape index (κ3) is 4.18. The van der Waals surface area contributed by atoms with Crippen molar-refractivity contribution in [2.75, 3.05) is 0 Å². The quantitative estimate of drug-likeness (QED) is 0.433. The molecule has 0 bridgehead atoms. The van der Waals surface area contributed by atoms with Crippen LogP contribution in [0.5, 0.6) is 5.75 Å². The Bertz CT molecular complexity index is 973. The number of nitrogens with zero attached hydrogens (tertiary/aromatic N) is 2. The Labute approximate surface area is 160 Å². The first-order chi connectivity index (χ1) is 12.4. The average Bonchev–Trinajstić information content (AvgIpc) is 3.21. The third-order valence-corrected chi connectivity index (χ3v) is 4.39. The number of ketones is 1. The van der Waals surface area contributed by atoms with Gasteiger partial charge in [0.1, 0.15) is 23.9 Å². The predicted molar refractivity (Wildman–Crippen MR) is 101 cm³/mol. The van der Waals surface area contributed by atoms with Gasteiger partial charge in [-0.3, -0.25) is 9.48 Å². The van der Waals surface area contributed by atoms with Crippen LogP contribution in [0.4, 0.5) is 0 Å². The average molecular weight is 391 g/mol. The number of hydrogen-bond acceptors (Lipinski definition) is 4. The maximum absolute atomic E-state index is 12.2. The van der Waals surface area contributed by atoms with Crippen LogP contribution in [0.2, 0.25) is 10.0 Å². The zero-order chi connectivity index (χ0) is 18.7. The summed E-state index contributed by atoms with van der Waals surface area (Å²) >= 11 is 12.0. The highest BCUT2D eigenvalue weighted by Crippen LogP contribution is 2.28. The van der Waals surface area contributed by atoms with E-state index in [1.54, 1.807) is 54.3 Å². The molecule has 0 saturated heterocycles. The van der Waals surface area contributed by atoms with Gasteiger partial charge in [-0.1, -0.05) is 23.2 Å². The number of halogens is 2. The number of carbonyl (C=O) groups is 1. The Morgan fingerprint density at radius 2 is 2.12 bits per heavy atom. The third-order valence-electron chi connectivity index (χ3n) is 3.85. The normalized spacial score (nSPS) is 11.2. The molecule has 0 radical (unpaired) electrons. The van der Waals surface area contributed by atoms with Gasteiger partial charge in [-0.25, -0.2) is 0 Å². The highest BCUT2D eigenvalue weighted by atomic mass is 35.5. The van der Waals surface area contributed by atoms with Gasteiger partial charge in [0.25, 0.3) is 0 Å². The highest BCUT2D eigenvalue weighted by Gasteiger charge is 2.10. The molecule has 1 aromatic carbocycles. The molecule has 2 aromatic heterocycles. The molecule has 0 aliphatic rings. The van der Waals surface area contributed by atoms with Crippen molar-refractivity contribution in [1.29, 1.82) is 0 Å². The zero-order valence-electron chi connectivity index (χ0n) is 14.2. The molecular formula is C19H16Cl2N2O3. The predicted octanol–water partition coefficient (Wildman–Crippen LogP) is 5.10. The number of aryl methyl sites for hydroxylation is 1. The van der Waals surface area contributed by atoms with E-state index >= 15 is 0 Å². The SMILES string of the molecule is Cc1c(C(=O)C=Cc2ccc(COc3cc(Cl)ccc3Cl)o2)cnn1C. The van der Waals surface area contributed by atoms with Crippen LogP contribution in [0.1, 0.15) is 27.6 Å². The molecular weight excluding hydrogens is 375 g/mol. The summed E-state index contributed by atoms with van der Waals surface area (Å²) in [6.07, 6.45) is 4.63. The van der Waals surface area contributed by atoms with Crippen molar-refractivity contribution < 1.29 is 13.9 Å². The Kier molecular flexibility index (Phi) is 5.49. The first-order valence-electron chi connectivity index (χ1n) is 7.81. The molecule has 2 heterocycles. The van der Waals surface area contributed by atoms with Gasteiger partial charge in [0.05, 0.1) is 16.8 Å². The second-order valence-electron chi connectivity index (χ2n) is 5.63. The van der Waals surface area contributed by atoms with Crippen LogP contribution in [0.3, 0.4) is 0 Å². The smallest absolute Gasteiger partial charge is 0.189 e. The minimum absolute atomic E-state index is 0.129. The standard InChI is InChI=1S/C19H16Cl2N2O3/c1-12-16(10-22-23(12)2)18(24)8-6-14-4-5-15(26-14)11-25-19-9-13(20)3-7-17(19)21/h3-10H,11H2,1-2H3. The minimum atomic E-state index is -0.129. The maximum Gasteiger partial charge on any atom is 0.189 e. The van der Waals surface area contributed by atoms with E-state index in [-0.39, 0.29) is 12.4 Å². The van der Waals surface area contributed by atoms with E-state index in [2.05, 4.69) is 5.10 Å². The number of ether oxygens (including phenoxy) is 1. The lowest BCUT2D eigenvalue weighted by atomic mass is 10.1. The Morgan fingerprint density at radius 1 is 1.31 bits per heavy atom. The summed E-state index contributed by atoms with van der Waals surface area (Å²) in [7, 11) is 1.79. The lowest BCUT2D eigenvalue weighted by molar-refractivity contribution is 0.104. The largest absolute Gasteiger partial charge is 0.484 e. The Hall–Kier alpha value is -2.50. The van der Waals surface area contributed by atoms with Gasteiger partial charge in [-0.15, -0.1) is 0 Å². The monoisotopic (exact) mass is 390 g/mol. The van der Waals surface area contributed by atoms with Gasteiger partial charge in [0.15, 0.2) is 5.78 Å². The van der Waals surface area contributed by atoms with Crippen molar-refractivity contribution >= 4 is 35.1 Å². The van der Waals surface area contributed by atoms with E-state index in [1.807, 2.05) is 6.92 Å². The van der Waals surface area contributed by atoms with E-state index in [4.69, 9.17) is 32.4 Å². The zero-order valence-corrected chi connectivity index (χ0v) is 15.7. The van der Waals surface area contributed by atoms with Gasteiger partial charge < -0.3 is 9.15 Å². The fourth-order valence-electron chi connectivity index (χ4n) is 2.29. The summed E-state index contributed by atoms with van der Waals surface area (Å²) in [4.78, 5) is 12.2. The van der Waals surface area contributed by atoms with Crippen LogP contribution >= 0.6 is 23.2 Å². The molecule has 0 N–H and O–H groups in total. The number of carbonyl (C=O) groups excluding carboxylic acids is 1. The van der Waals surface area contributed by atoms with Gasteiger partial charge in [0, 0.05) is 23.8 Å². The summed E-state index contributed by atoms with van der Waals surface area (Å²) in [6, 6.07) is 8.54. The van der Waals surface area contributed by atoms with Crippen molar-refractivity contribution in [2.45, 2.75) is 13.5 Å². The summed E-state index contributed by atoms with van der Waals surface area (Å²) < 4.78 is 12.9. The van der Waals surface area contributed by atoms with Crippen molar-refractivity contribution in [2.24, 2.45) is 7.05 Å². The fourth-order valence-corrected chi connectivity index (χ4v) is 2.62. The summed E-state index contributed by atoms with van der Waals surface area (Å²) in [5.41, 5.74) is 1.38. The Morgan fingerprint density at radius 3 is 2.85 bits per heavy atom. The number of aromatic nitrogens is 2. The molecule has 0 aliphatic heterocycles. The first kappa shape index (κ1) is 18.3. The molecule has 5 nitrogen and oxygen atoms in total. The molecule has 134 valence electrons. The van der Waals surface area contributed by atoms with Gasteiger partial charge >= 0.3 is 0 Å². The van der Waals surface area contributed by atoms with Crippen LogP contribution in [-0.2, 0) is 13.7 Å². The number of rotatable bonds is 6. The van der Waals surface area contributed by atoms with Crippen molar-refractivity contribution in [3.8, 4) is 5.75 Å². The summed E-state index contributed by atoms with van der Waals surface area (Å²) in [6.45, 7) is 2.04. The van der Waals surface area contributed by atoms with Gasteiger partial charge in [-0.05, 0) is 43.3 Å². The molecule has 0 unspecified atom stereocenters. The molecule has 0 atom stereocenters. The fraction of sp³-hybridized carbons (Fsp3) is 0.158. The van der Waals surface area contributed by atoms with Crippen LogP contribution in [0.25, 0.3) is 6.08 Å². The first-order valence-corrected chi connectivity index (χ1v) is 8.57. The van der Waals surface area contributed by atoms with Crippen molar-refractivity contribution in [1.82, 2.24) is 9.78 Å². The van der Waals surface area contributed by atoms with E-state index < -0.39 is 0 Å². The molecule has 3 aromatic rings. The molecule has 3 rings (SSSR count). The molecule has 0 spiro atoms. The highest BCUT2D eigenvalue weighted by molar-refractivity contribution is 6.34. The maximum atomic E-state index is 12.2.